The maximum Gasteiger partial charge on any atom is 0.270 e. The lowest BCUT2D eigenvalue weighted by molar-refractivity contribution is 0.0949. The van der Waals surface area contributed by atoms with Gasteiger partial charge in [0.05, 0.1) is 7.11 Å². The van der Waals surface area contributed by atoms with E-state index < -0.39 is 0 Å². The van der Waals surface area contributed by atoms with Crippen LogP contribution in [-0.2, 0) is 6.42 Å². The highest BCUT2D eigenvalue weighted by molar-refractivity contribution is 6.30. The molecule has 0 aliphatic heterocycles. The molecule has 7 heteroatoms. The predicted octanol–water partition coefficient (Wildman–Crippen LogP) is 3.85. The number of nitrogens with one attached hydrogen (secondary N) is 2. The molecule has 1 heterocycles. The maximum absolute atomic E-state index is 12.3. The second-order valence-electron chi connectivity index (χ2n) is 5.75. The zero-order valence-corrected chi connectivity index (χ0v) is 15.5. The predicted molar refractivity (Wildman–Crippen MR) is 106 cm³/mol. The second-order valence-corrected chi connectivity index (χ2v) is 6.19. The topological polar surface area (TPSA) is 76.1 Å². The van der Waals surface area contributed by atoms with Crippen LogP contribution in [0, 0.1) is 0 Å². The maximum atomic E-state index is 12.3. The molecule has 0 aliphatic rings. The van der Waals surface area contributed by atoms with Gasteiger partial charge in [-0.1, -0.05) is 29.8 Å². The Kier molecular flexibility index (Phi) is 6.22. The molecule has 3 aromatic rings. The van der Waals surface area contributed by atoms with Gasteiger partial charge in [-0.05, 0) is 42.3 Å². The Morgan fingerprint density at radius 2 is 1.96 bits per heavy atom. The van der Waals surface area contributed by atoms with Gasteiger partial charge in [0, 0.05) is 29.5 Å². The normalized spacial score (nSPS) is 10.3. The van der Waals surface area contributed by atoms with Crippen LogP contribution in [0.3, 0.4) is 0 Å². The number of anilines is 2. The second kappa shape index (κ2) is 9.00. The molecule has 0 spiro atoms. The number of methoxy groups -OCH3 is 1. The van der Waals surface area contributed by atoms with E-state index in [1.54, 1.807) is 19.4 Å². The molecule has 0 unspecified atom stereocenters. The zero-order chi connectivity index (χ0) is 19.1. The fourth-order valence-corrected chi connectivity index (χ4v) is 2.56. The molecule has 0 radical (unpaired) electrons. The average Bonchev–Trinajstić information content (AvgIpc) is 2.70. The summed E-state index contributed by atoms with van der Waals surface area (Å²) in [5, 5.41) is 6.62. The van der Waals surface area contributed by atoms with E-state index in [1.807, 2.05) is 48.5 Å². The molecular weight excluding hydrogens is 364 g/mol. The van der Waals surface area contributed by atoms with Gasteiger partial charge in [0.15, 0.2) is 0 Å². The molecular formula is C20H19ClN4O2. The third-order valence-electron chi connectivity index (χ3n) is 3.83. The molecule has 0 saturated heterocycles. The van der Waals surface area contributed by atoms with Crippen LogP contribution in [0.15, 0.2) is 60.8 Å². The molecule has 27 heavy (non-hydrogen) atoms. The Morgan fingerprint density at radius 1 is 1.15 bits per heavy atom. The number of rotatable bonds is 7. The molecule has 1 amide bonds. The lowest BCUT2D eigenvalue weighted by Crippen LogP contribution is -2.26. The van der Waals surface area contributed by atoms with E-state index in [0.717, 1.165) is 17.0 Å². The van der Waals surface area contributed by atoms with E-state index >= 15 is 0 Å². The van der Waals surface area contributed by atoms with Crippen LogP contribution >= 0.6 is 11.6 Å². The van der Waals surface area contributed by atoms with Crippen molar-refractivity contribution >= 4 is 29.1 Å². The molecule has 0 bridgehead atoms. The van der Waals surface area contributed by atoms with Crippen LogP contribution in [0.25, 0.3) is 0 Å². The van der Waals surface area contributed by atoms with Gasteiger partial charge < -0.3 is 15.4 Å². The Balaban J connectivity index is 1.58. The van der Waals surface area contributed by atoms with Crippen molar-refractivity contribution in [3.8, 4) is 5.75 Å². The first-order valence-electron chi connectivity index (χ1n) is 8.41. The highest BCUT2D eigenvalue weighted by Crippen LogP contribution is 2.19. The van der Waals surface area contributed by atoms with Crippen molar-refractivity contribution in [2.75, 3.05) is 19.0 Å². The monoisotopic (exact) mass is 382 g/mol. The minimum Gasteiger partial charge on any atom is -0.497 e. The van der Waals surface area contributed by atoms with E-state index in [9.17, 15) is 4.79 Å². The summed E-state index contributed by atoms with van der Waals surface area (Å²) >= 11 is 5.87. The largest absolute Gasteiger partial charge is 0.497 e. The molecule has 138 valence electrons. The first-order chi connectivity index (χ1) is 13.1. The fourth-order valence-electron chi connectivity index (χ4n) is 2.44. The molecule has 6 nitrogen and oxygen atoms in total. The first kappa shape index (κ1) is 18.7. The van der Waals surface area contributed by atoms with Crippen LogP contribution in [0.4, 0.5) is 11.6 Å². The summed E-state index contributed by atoms with van der Waals surface area (Å²) in [6.07, 6.45) is 2.26. The number of ether oxygens (including phenoxy) is 1. The number of carbonyl (C=O) groups is 1. The quantitative estimate of drug-likeness (QED) is 0.649. The van der Waals surface area contributed by atoms with E-state index in [-0.39, 0.29) is 5.91 Å². The molecule has 0 aliphatic carbocycles. The number of hydrogen-bond acceptors (Lipinski definition) is 5. The van der Waals surface area contributed by atoms with Crippen LogP contribution in [0.5, 0.6) is 5.75 Å². The van der Waals surface area contributed by atoms with Crippen LogP contribution < -0.4 is 15.4 Å². The summed E-state index contributed by atoms with van der Waals surface area (Å²) in [4.78, 5) is 20.7. The number of amides is 1. The van der Waals surface area contributed by atoms with E-state index in [2.05, 4.69) is 20.6 Å². The number of carbonyl (C=O) groups excluding carboxylic acids is 1. The van der Waals surface area contributed by atoms with E-state index in [1.165, 1.54) is 0 Å². The fraction of sp³-hybridized carbons (Fsp3) is 0.150. The SMILES string of the molecule is COc1cccc(Nc2nccc(C(=O)NCCc3ccc(Cl)cc3)n2)c1. The lowest BCUT2D eigenvalue weighted by atomic mass is 10.1. The van der Waals surface area contributed by atoms with Crippen molar-refractivity contribution in [2.45, 2.75) is 6.42 Å². The third-order valence-corrected chi connectivity index (χ3v) is 4.08. The van der Waals surface area contributed by atoms with Crippen molar-refractivity contribution in [3.63, 3.8) is 0 Å². The Morgan fingerprint density at radius 3 is 2.74 bits per heavy atom. The summed E-state index contributed by atoms with van der Waals surface area (Å²) in [6, 6.07) is 16.5. The zero-order valence-electron chi connectivity index (χ0n) is 14.8. The number of hydrogen-bond donors (Lipinski definition) is 2. The molecule has 0 atom stereocenters. The van der Waals surface area contributed by atoms with Crippen LogP contribution in [-0.4, -0.2) is 29.5 Å². The van der Waals surface area contributed by atoms with Gasteiger partial charge in [0.2, 0.25) is 5.95 Å². The highest BCUT2D eigenvalue weighted by atomic mass is 35.5. The minimum absolute atomic E-state index is 0.250. The van der Waals surface area contributed by atoms with Crippen molar-refractivity contribution in [1.82, 2.24) is 15.3 Å². The van der Waals surface area contributed by atoms with Gasteiger partial charge >= 0.3 is 0 Å². The summed E-state index contributed by atoms with van der Waals surface area (Å²) in [5.41, 5.74) is 2.17. The summed E-state index contributed by atoms with van der Waals surface area (Å²) in [7, 11) is 1.60. The average molecular weight is 383 g/mol. The summed E-state index contributed by atoms with van der Waals surface area (Å²) in [6.45, 7) is 0.503. The lowest BCUT2D eigenvalue weighted by Gasteiger charge is -2.08. The number of nitrogens with zero attached hydrogens (tertiary/aromatic N) is 2. The first-order valence-corrected chi connectivity index (χ1v) is 8.78. The van der Waals surface area contributed by atoms with Gasteiger partial charge in [-0.15, -0.1) is 0 Å². The molecule has 1 aromatic heterocycles. The Hall–Kier alpha value is -3.12. The number of benzene rings is 2. The van der Waals surface area contributed by atoms with Crippen molar-refractivity contribution < 1.29 is 9.53 Å². The molecule has 3 rings (SSSR count). The van der Waals surface area contributed by atoms with Crippen molar-refractivity contribution in [1.29, 1.82) is 0 Å². The standard InChI is InChI=1S/C20H19ClN4O2/c1-27-17-4-2-3-16(13-17)24-20-23-12-10-18(25-20)19(26)22-11-9-14-5-7-15(21)8-6-14/h2-8,10,12-13H,9,11H2,1H3,(H,22,26)(H,23,24,25). The number of aromatic nitrogens is 2. The van der Waals surface area contributed by atoms with Gasteiger partial charge in [-0.2, -0.15) is 0 Å². The molecule has 2 aromatic carbocycles. The smallest absolute Gasteiger partial charge is 0.270 e. The van der Waals surface area contributed by atoms with Gasteiger partial charge in [0.25, 0.3) is 5.91 Å². The molecule has 2 N–H and O–H groups in total. The van der Waals surface area contributed by atoms with E-state index in [0.29, 0.717) is 29.6 Å². The number of halogens is 1. The van der Waals surface area contributed by atoms with Crippen LogP contribution in [0.1, 0.15) is 16.1 Å². The van der Waals surface area contributed by atoms with E-state index in [4.69, 9.17) is 16.3 Å². The van der Waals surface area contributed by atoms with Crippen molar-refractivity contribution in [3.05, 3.63) is 77.1 Å². The van der Waals surface area contributed by atoms with Gasteiger partial charge in [-0.3, -0.25) is 4.79 Å². The molecule has 0 fully saturated rings. The Bertz CT molecular complexity index is 916. The summed E-state index contributed by atoms with van der Waals surface area (Å²) < 4.78 is 5.19. The molecule has 0 saturated carbocycles. The third kappa shape index (κ3) is 5.43. The summed E-state index contributed by atoms with van der Waals surface area (Å²) in [5.74, 6) is 0.810. The Labute approximate surface area is 162 Å². The van der Waals surface area contributed by atoms with Gasteiger partial charge in [-0.25, -0.2) is 9.97 Å². The van der Waals surface area contributed by atoms with Gasteiger partial charge in [0.1, 0.15) is 11.4 Å². The van der Waals surface area contributed by atoms with Crippen LogP contribution in [0.2, 0.25) is 5.02 Å². The van der Waals surface area contributed by atoms with Crippen molar-refractivity contribution in [2.24, 2.45) is 0 Å². The minimum atomic E-state index is -0.250. The highest BCUT2D eigenvalue weighted by Gasteiger charge is 2.09.